The highest BCUT2D eigenvalue weighted by Gasteiger charge is 2.07. The van der Waals surface area contributed by atoms with Crippen LogP contribution in [-0.2, 0) is 23.0 Å². The van der Waals surface area contributed by atoms with Crippen molar-refractivity contribution in [1.29, 1.82) is 0 Å². The summed E-state index contributed by atoms with van der Waals surface area (Å²) in [5, 5.41) is 0. The summed E-state index contributed by atoms with van der Waals surface area (Å²) in [5.74, 6) is 0.943. The quantitative estimate of drug-likeness (QED) is 0.693. The molecule has 0 bridgehead atoms. The molecule has 0 aliphatic rings. The molecule has 5 heteroatoms. The maximum atomic E-state index is 12.3. The lowest BCUT2D eigenvalue weighted by Gasteiger charge is -2.06. The number of nitrogens with zero attached hydrogens (tertiary/aromatic N) is 2. The highest BCUT2D eigenvalue weighted by molar-refractivity contribution is 7.84. The van der Waals surface area contributed by atoms with Crippen LogP contribution < -0.4 is 5.56 Å². The van der Waals surface area contributed by atoms with Gasteiger partial charge in [0.05, 0.1) is 11.4 Å². The third-order valence-corrected chi connectivity index (χ3v) is 5.21. The first-order chi connectivity index (χ1) is 11.6. The van der Waals surface area contributed by atoms with Crippen LogP contribution in [0.4, 0.5) is 0 Å². The van der Waals surface area contributed by atoms with E-state index in [1.165, 1.54) is 16.0 Å². The molecule has 24 heavy (non-hydrogen) atoms. The van der Waals surface area contributed by atoms with Crippen LogP contribution in [0.1, 0.15) is 23.2 Å². The summed E-state index contributed by atoms with van der Waals surface area (Å²) in [6.07, 6.45) is 3.55. The topological polar surface area (TPSA) is 51.4 Å². The SMILES string of the molecule is Cc1ccc2nc(C[S@@](=O)CCCc3ccccc3)cc(=O)n2c1. The number of fused-ring (bicyclic) bond motifs is 1. The molecule has 2 aromatic heterocycles. The summed E-state index contributed by atoms with van der Waals surface area (Å²) < 4.78 is 13.8. The molecular formula is C19H20N2O2S. The standard InChI is InChI=1S/C19H20N2O2S/c1-15-9-10-18-20-17(12-19(22)21(18)13-15)14-24(23)11-5-8-16-6-3-2-4-7-16/h2-4,6-7,9-10,12-13H,5,8,11,14H2,1H3/t24-/m0/s1. The number of rotatable bonds is 6. The number of aryl methyl sites for hydroxylation is 2. The molecule has 0 saturated heterocycles. The Labute approximate surface area is 143 Å². The van der Waals surface area contributed by atoms with Crippen molar-refractivity contribution in [3.63, 3.8) is 0 Å². The van der Waals surface area contributed by atoms with E-state index in [0.29, 0.717) is 22.8 Å². The molecule has 3 rings (SSSR count). The summed E-state index contributed by atoms with van der Waals surface area (Å²) in [4.78, 5) is 16.6. The van der Waals surface area contributed by atoms with Crippen molar-refractivity contribution in [2.24, 2.45) is 0 Å². The predicted molar refractivity (Wildman–Crippen MR) is 97.7 cm³/mol. The van der Waals surface area contributed by atoms with Crippen molar-refractivity contribution >= 4 is 16.4 Å². The molecule has 0 spiro atoms. The smallest absolute Gasteiger partial charge is 0.258 e. The summed E-state index contributed by atoms with van der Waals surface area (Å²) in [6.45, 7) is 1.93. The van der Waals surface area contributed by atoms with Crippen molar-refractivity contribution in [3.05, 3.63) is 81.9 Å². The highest BCUT2D eigenvalue weighted by Crippen LogP contribution is 2.07. The van der Waals surface area contributed by atoms with Gasteiger partial charge >= 0.3 is 0 Å². The van der Waals surface area contributed by atoms with Crippen LogP contribution in [0.25, 0.3) is 5.65 Å². The highest BCUT2D eigenvalue weighted by atomic mass is 32.2. The minimum Gasteiger partial charge on any atom is -0.269 e. The van der Waals surface area contributed by atoms with Crippen molar-refractivity contribution in [2.45, 2.75) is 25.5 Å². The van der Waals surface area contributed by atoms with Crippen LogP contribution in [0.2, 0.25) is 0 Å². The lowest BCUT2D eigenvalue weighted by atomic mass is 10.1. The van der Waals surface area contributed by atoms with E-state index < -0.39 is 10.8 Å². The maximum Gasteiger partial charge on any atom is 0.258 e. The largest absolute Gasteiger partial charge is 0.269 e. The van der Waals surface area contributed by atoms with E-state index in [1.54, 1.807) is 6.20 Å². The molecule has 1 atom stereocenters. The molecule has 4 nitrogen and oxygen atoms in total. The average molecular weight is 340 g/mol. The predicted octanol–water partition coefficient (Wildman–Crippen LogP) is 2.88. The van der Waals surface area contributed by atoms with Gasteiger partial charge in [0.15, 0.2) is 0 Å². The van der Waals surface area contributed by atoms with Gasteiger partial charge in [-0.15, -0.1) is 0 Å². The van der Waals surface area contributed by atoms with Gasteiger partial charge in [0.2, 0.25) is 0 Å². The van der Waals surface area contributed by atoms with Gasteiger partial charge in [-0.05, 0) is 37.0 Å². The first kappa shape index (κ1) is 16.6. The van der Waals surface area contributed by atoms with E-state index >= 15 is 0 Å². The lowest BCUT2D eigenvalue weighted by molar-refractivity contribution is 0.679. The molecule has 124 valence electrons. The first-order valence-electron chi connectivity index (χ1n) is 8.00. The second-order valence-electron chi connectivity index (χ2n) is 5.90. The fourth-order valence-electron chi connectivity index (χ4n) is 2.65. The summed E-state index contributed by atoms with van der Waals surface area (Å²) in [7, 11) is -1.01. The van der Waals surface area contributed by atoms with Crippen molar-refractivity contribution in [3.8, 4) is 0 Å². The first-order valence-corrected chi connectivity index (χ1v) is 9.48. The number of pyridine rings is 1. The Morgan fingerprint density at radius 1 is 1.12 bits per heavy atom. The van der Waals surface area contributed by atoms with Gasteiger partial charge in [-0.1, -0.05) is 36.4 Å². The van der Waals surface area contributed by atoms with Crippen LogP contribution in [0.3, 0.4) is 0 Å². The molecule has 0 amide bonds. The van der Waals surface area contributed by atoms with Gasteiger partial charge in [-0.3, -0.25) is 13.4 Å². The summed E-state index contributed by atoms with van der Waals surface area (Å²) in [6, 6.07) is 15.4. The van der Waals surface area contributed by atoms with Gasteiger partial charge in [0.1, 0.15) is 5.65 Å². The van der Waals surface area contributed by atoms with E-state index in [2.05, 4.69) is 17.1 Å². The molecule has 0 unspecified atom stereocenters. The molecular weight excluding hydrogens is 320 g/mol. The second-order valence-corrected chi connectivity index (χ2v) is 7.47. The van der Waals surface area contributed by atoms with Crippen LogP contribution in [0.5, 0.6) is 0 Å². The number of aromatic nitrogens is 2. The van der Waals surface area contributed by atoms with E-state index in [9.17, 15) is 9.00 Å². The normalized spacial score (nSPS) is 12.4. The second kappa shape index (κ2) is 7.53. The molecule has 2 heterocycles. The van der Waals surface area contributed by atoms with E-state index in [1.807, 2.05) is 37.3 Å². The molecule has 1 aromatic carbocycles. The zero-order chi connectivity index (χ0) is 16.9. The fourth-order valence-corrected chi connectivity index (χ4v) is 3.74. The number of benzene rings is 1. The Kier molecular flexibility index (Phi) is 5.20. The van der Waals surface area contributed by atoms with Gasteiger partial charge in [-0.2, -0.15) is 0 Å². The average Bonchev–Trinajstić information content (AvgIpc) is 2.56. The van der Waals surface area contributed by atoms with Gasteiger partial charge < -0.3 is 0 Å². The van der Waals surface area contributed by atoms with Gasteiger partial charge in [0, 0.05) is 28.8 Å². The van der Waals surface area contributed by atoms with Crippen LogP contribution >= 0.6 is 0 Å². The van der Waals surface area contributed by atoms with Crippen LogP contribution in [0, 0.1) is 6.92 Å². The summed E-state index contributed by atoms with van der Waals surface area (Å²) >= 11 is 0. The Balaban J connectivity index is 1.63. The Morgan fingerprint density at radius 2 is 1.92 bits per heavy atom. The molecule has 0 radical (unpaired) electrons. The number of hydrogen-bond donors (Lipinski definition) is 0. The zero-order valence-corrected chi connectivity index (χ0v) is 14.5. The van der Waals surface area contributed by atoms with Crippen LogP contribution in [0.15, 0.2) is 59.5 Å². The summed E-state index contributed by atoms with van der Waals surface area (Å²) in [5.41, 5.74) is 3.34. The monoisotopic (exact) mass is 340 g/mol. The van der Waals surface area contributed by atoms with E-state index in [-0.39, 0.29) is 5.56 Å². The lowest BCUT2D eigenvalue weighted by Crippen LogP contribution is -2.16. The zero-order valence-electron chi connectivity index (χ0n) is 13.6. The molecule has 0 fully saturated rings. The minimum atomic E-state index is -1.01. The molecule has 0 aliphatic heterocycles. The van der Waals surface area contributed by atoms with Gasteiger partial charge in [0.25, 0.3) is 5.56 Å². The fraction of sp³-hybridized carbons (Fsp3) is 0.263. The Morgan fingerprint density at radius 3 is 2.71 bits per heavy atom. The maximum absolute atomic E-state index is 12.3. The van der Waals surface area contributed by atoms with Crippen molar-refractivity contribution in [2.75, 3.05) is 5.75 Å². The van der Waals surface area contributed by atoms with Crippen molar-refractivity contribution < 1.29 is 4.21 Å². The molecule has 3 aromatic rings. The Bertz CT molecular complexity index is 920. The third-order valence-electron chi connectivity index (χ3n) is 3.85. The Hall–Kier alpha value is -2.27. The van der Waals surface area contributed by atoms with E-state index in [0.717, 1.165) is 18.4 Å². The van der Waals surface area contributed by atoms with Crippen molar-refractivity contribution in [1.82, 2.24) is 9.38 Å². The molecule has 0 aliphatic carbocycles. The number of hydrogen-bond acceptors (Lipinski definition) is 3. The van der Waals surface area contributed by atoms with Gasteiger partial charge in [-0.25, -0.2) is 4.98 Å². The minimum absolute atomic E-state index is 0.125. The van der Waals surface area contributed by atoms with E-state index in [4.69, 9.17) is 0 Å². The van der Waals surface area contributed by atoms with Crippen LogP contribution in [-0.4, -0.2) is 19.3 Å². The third kappa shape index (κ3) is 4.17. The molecule has 0 N–H and O–H groups in total. The molecule has 0 saturated carbocycles.